The van der Waals surface area contributed by atoms with E-state index in [1.165, 1.54) is 11.0 Å². The number of nitrogens with zero attached hydrogens (tertiary/aromatic N) is 4. The smallest absolute Gasteiger partial charge is 0.266 e. The molecular formula is C18H15N5O3. The van der Waals surface area contributed by atoms with Crippen molar-refractivity contribution in [3.63, 3.8) is 0 Å². The van der Waals surface area contributed by atoms with Crippen molar-refractivity contribution in [3.8, 4) is 17.3 Å². The van der Waals surface area contributed by atoms with Crippen LogP contribution in [0.2, 0.25) is 0 Å². The van der Waals surface area contributed by atoms with Gasteiger partial charge in [-0.05, 0) is 25.1 Å². The summed E-state index contributed by atoms with van der Waals surface area (Å²) in [5.41, 5.74) is 1.56. The lowest BCUT2D eigenvalue weighted by atomic mass is 10.1. The minimum Gasteiger partial charge on any atom is -0.359 e. The van der Waals surface area contributed by atoms with Crippen molar-refractivity contribution in [2.45, 2.75) is 13.5 Å². The average Bonchev–Trinajstić information content (AvgIpc) is 3.10. The Morgan fingerprint density at radius 3 is 2.77 bits per heavy atom. The van der Waals surface area contributed by atoms with E-state index in [2.05, 4.69) is 15.1 Å². The number of carbonyl (C=O) groups is 1. The van der Waals surface area contributed by atoms with Crippen LogP contribution in [-0.2, 0) is 6.54 Å². The molecule has 0 saturated carbocycles. The molecule has 0 unspecified atom stereocenters. The molecule has 0 radical (unpaired) electrons. The number of nitriles is 1. The Morgan fingerprint density at radius 2 is 2.08 bits per heavy atom. The average molecular weight is 349 g/mol. The van der Waals surface area contributed by atoms with Gasteiger partial charge in [0.25, 0.3) is 11.5 Å². The second kappa shape index (κ2) is 7.03. The number of hydrogen-bond acceptors (Lipinski definition) is 6. The van der Waals surface area contributed by atoms with Gasteiger partial charge in [0.2, 0.25) is 0 Å². The van der Waals surface area contributed by atoms with Crippen molar-refractivity contribution >= 4 is 5.91 Å². The number of aryl methyl sites for hydroxylation is 1. The molecule has 0 spiro atoms. The quantitative estimate of drug-likeness (QED) is 0.769. The van der Waals surface area contributed by atoms with Gasteiger partial charge in [-0.15, -0.1) is 0 Å². The molecule has 3 aromatic heterocycles. The molecule has 0 aromatic carbocycles. The Kier molecular flexibility index (Phi) is 4.62. The molecule has 1 amide bonds. The van der Waals surface area contributed by atoms with Crippen LogP contribution in [0.25, 0.3) is 11.3 Å². The van der Waals surface area contributed by atoms with Gasteiger partial charge in [-0.25, -0.2) is 0 Å². The summed E-state index contributed by atoms with van der Waals surface area (Å²) in [5.74, 6) is 0.173. The van der Waals surface area contributed by atoms with Gasteiger partial charge < -0.3 is 14.4 Å². The van der Waals surface area contributed by atoms with E-state index in [-0.39, 0.29) is 23.6 Å². The van der Waals surface area contributed by atoms with E-state index in [0.717, 1.165) is 5.56 Å². The lowest BCUT2D eigenvalue weighted by Crippen LogP contribution is -2.28. The number of H-pyrrole nitrogens is 1. The third-order valence-electron chi connectivity index (χ3n) is 3.86. The second-order valence-corrected chi connectivity index (χ2v) is 5.74. The Balaban J connectivity index is 1.80. The molecule has 0 fully saturated rings. The van der Waals surface area contributed by atoms with Crippen LogP contribution in [0.3, 0.4) is 0 Å². The van der Waals surface area contributed by atoms with Crippen LogP contribution < -0.4 is 5.56 Å². The van der Waals surface area contributed by atoms with E-state index < -0.39 is 5.56 Å². The van der Waals surface area contributed by atoms with Gasteiger partial charge in [-0.3, -0.25) is 14.6 Å². The van der Waals surface area contributed by atoms with Crippen LogP contribution in [0.5, 0.6) is 0 Å². The summed E-state index contributed by atoms with van der Waals surface area (Å²) >= 11 is 0. The molecule has 8 nitrogen and oxygen atoms in total. The number of rotatable bonds is 4. The summed E-state index contributed by atoms with van der Waals surface area (Å²) in [6.45, 7) is 1.80. The minimum atomic E-state index is -0.513. The van der Waals surface area contributed by atoms with Gasteiger partial charge in [0, 0.05) is 36.8 Å². The van der Waals surface area contributed by atoms with Crippen LogP contribution in [0.15, 0.2) is 46.0 Å². The molecule has 0 atom stereocenters. The molecule has 3 rings (SSSR count). The molecule has 26 heavy (non-hydrogen) atoms. The fourth-order valence-electron chi connectivity index (χ4n) is 2.49. The first-order valence-corrected chi connectivity index (χ1v) is 7.75. The summed E-state index contributed by atoms with van der Waals surface area (Å²) in [6.07, 6.45) is 3.32. The molecule has 130 valence electrons. The van der Waals surface area contributed by atoms with Gasteiger partial charge in [-0.1, -0.05) is 5.16 Å². The van der Waals surface area contributed by atoms with Gasteiger partial charge in [0.1, 0.15) is 17.3 Å². The van der Waals surface area contributed by atoms with Crippen molar-refractivity contribution in [2.24, 2.45) is 0 Å². The normalized spacial score (nSPS) is 10.3. The van der Waals surface area contributed by atoms with E-state index in [9.17, 15) is 9.59 Å². The second-order valence-electron chi connectivity index (χ2n) is 5.74. The van der Waals surface area contributed by atoms with E-state index in [1.54, 1.807) is 38.5 Å². The van der Waals surface area contributed by atoms with Crippen LogP contribution in [-0.4, -0.2) is 33.0 Å². The first-order chi connectivity index (χ1) is 12.5. The highest BCUT2D eigenvalue weighted by Gasteiger charge is 2.19. The first kappa shape index (κ1) is 17.1. The lowest BCUT2D eigenvalue weighted by molar-refractivity contribution is 0.0771. The molecule has 0 aliphatic rings. The SMILES string of the molecule is Cc1[nH]c(=O)c(C#N)cc1C(=O)N(C)Cc1cc(-c2ccncc2)no1. The zero-order valence-corrected chi connectivity index (χ0v) is 14.2. The molecule has 3 aromatic rings. The van der Waals surface area contributed by atoms with Gasteiger partial charge >= 0.3 is 0 Å². The number of aromatic nitrogens is 3. The van der Waals surface area contributed by atoms with Crippen molar-refractivity contribution in [1.29, 1.82) is 5.26 Å². The molecule has 0 bridgehead atoms. The van der Waals surface area contributed by atoms with Crippen LogP contribution in [0, 0.1) is 18.3 Å². The van der Waals surface area contributed by atoms with E-state index in [4.69, 9.17) is 9.78 Å². The van der Waals surface area contributed by atoms with E-state index >= 15 is 0 Å². The lowest BCUT2D eigenvalue weighted by Gasteiger charge is -2.16. The topological polar surface area (TPSA) is 116 Å². The third-order valence-corrected chi connectivity index (χ3v) is 3.86. The Morgan fingerprint density at radius 1 is 1.35 bits per heavy atom. The predicted octanol–water partition coefficient (Wildman–Crippen LogP) is 1.88. The summed E-state index contributed by atoms with van der Waals surface area (Å²) in [7, 11) is 1.60. The Bertz CT molecular complexity index is 1050. The number of carbonyl (C=O) groups excluding carboxylic acids is 1. The number of aromatic amines is 1. The van der Waals surface area contributed by atoms with Gasteiger partial charge in [0.05, 0.1) is 12.1 Å². The zero-order chi connectivity index (χ0) is 18.7. The van der Waals surface area contributed by atoms with Gasteiger partial charge in [0.15, 0.2) is 5.76 Å². The zero-order valence-electron chi connectivity index (χ0n) is 14.2. The molecule has 3 heterocycles. The molecule has 1 N–H and O–H groups in total. The maximum atomic E-state index is 12.7. The molecule has 0 aliphatic carbocycles. The van der Waals surface area contributed by atoms with Crippen molar-refractivity contribution in [1.82, 2.24) is 20.0 Å². The Labute approximate surface area is 148 Å². The predicted molar refractivity (Wildman–Crippen MR) is 92.0 cm³/mol. The Hall–Kier alpha value is -3.73. The van der Waals surface area contributed by atoms with Gasteiger partial charge in [-0.2, -0.15) is 5.26 Å². The molecular weight excluding hydrogens is 334 g/mol. The molecule has 0 aliphatic heterocycles. The summed E-state index contributed by atoms with van der Waals surface area (Å²) in [5, 5.41) is 13.0. The maximum Gasteiger partial charge on any atom is 0.266 e. The maximum absolute atomic E-state index is 12.7. The van der Waals surface area contributed by atoms with Crippen LogP contribution in [0.1, 0.15) is 27.4 Å². The van der Waals surface area contributed by atoms with Crippen molar-refractivity contribution in [2.75, 3.05) is 7.05 Å². The van der Waals surface area contributed by atoms with Crippen molar-refractivity contribution < 1.29 is 9.32 Å². The standard InChI is InChI=1S/C18H15N5O3/c1-11-15(7-13(9-19)17(24)21-11)18(25)23(2)10-14-8-16(22-26-14)12-3-5-20-6-4-12/h3-8H,10H2,1-2H3,(H,21,24). The molecule has 8 heteroatoms. The summed E-state index contributed by atoms with van der Waals surface area (Å²) in [4.78, 5) is 32.2. The van der Waals surface area contributed by atoms with E-state index in [1.807, 2.05) is 12.1 Å². The fraction of sp³-hybridized carbons (Fsp3) is 0.167. The van der Waals surface area contributed by atoms with Crippen LogP contribution >= 0.6 is 0 Å². The highest BCUT2D eigenvalue weighted by atomic mass is 16.5. The largest absolute Gasteiger partial charge is 0.359 e. The number of amides is 1. The minimum absolute atomic E-state index is 0.105. The van der Waals surface area contributed by atoms with Crippen molar-refractivity contribution in [3.05, 3.63) is 69.6 Å². The van der Waals surface area contributed by atoms with E-state index in [0.29, 0.717) is 17.1 Å². The first-order valence-electron chi connectivity index (χ1n) is 7.75. The number of pyridine rings is 2. The summed E-state index contributed by atoms with van der Waals surface area (Å²) < 4.78 is 5.30. The summed E-state index contributed by atoms with van der Waals surface area (Å²) in [6, 6.07) is 8.45. The number of hydrogen-bond donors (Lipinski definition) is 1. The number of nitrogens with one attached hydrogen (secondary N) is 1. The highest BCUT2D eigenvalue weighted by Crippen LogP contribution is 2.19. The monoisotopic (exact) mass is 349 g/mol. The third kappa shape index (κ3) is 3.37. The highest BCUT2D eigenvalue weighted by molar-refractivity contribution is 5.95. The fourth-order valence-corrected chi connectivity index (χ4v) is 2.49. The molecule has 0 saturated heterocycles. The van der Waals surface area contributed by atoms with Crippen LogP contribution in [0.4, 0.5) is 0 Å².